The highest BCUT2D eigenvalue weighted by molar-refractivity contribution is 7.87. The number of carbonyl (C=O) groups excluding carboxylic acids is 2. The number of carbonyl (C=O) groups is 2. The van der Waals surface area contributed by atoms with E-state index in [2.05, 4.69) is 11.9 Å². The summed E-state index contributed by atoms with van der Waals surface area (Å²) in [5.41, 5.74) is -0.474. The monoisotopic (exact) mass is 373 g/mol. The lowest BCUT2D eigenvalue weighted by atomic mass is 9.83. The number of hydrogen-bond donors (Lipinski definition) is 1. The minimum Gasteiger partial charge on any atom is -0.460 e. The summed E-state index contributed by atoms with van der Waals surface area (Å²) in [5, 5.41) is 2.17. The fourth-order valence-electron chi connectivity index (χ4n) is 4.12. The molecule has 3 aliphatic rings. The Morgan fingerprint density at radius 1 is 1.36 bits per heavy atom. The van der Waals surface area contributed by atoms with Crippen molar-refractivity contribution < 1.29 is 31.7 Å². The SMILES string of the molecule is C=C(C)C(=O)OCCNC(=O)COC1(C)C2CC3C1OS(=O)(=O)C3C2. The molecule has 1 amide bonds. The third-order valence-electron chi connectivity index (χ3n) is 5.44. The zero-order valence-corrected chi connectivity index (χ0v) is 15.1. The maximum atomic E-state index is 12.0. The van der Waals surface area contributed by atoms with Crippen LogP contribution in [0.4, 0.5) is 0 Å². The smallest absolute Gasteiger partial charge is 0.333 e. The van der Waals surface area contributed by atoms with Gasteiger partial charge in [0, 0.05) is 11.5 Å². The second-order valence-electron chi connectivity index (χ2n) is 7.12. The zero-order valence-electron chi connectivity index (χ0n) is 14.3. The first-order valence-corrected chi connectivity index (χ1v) is 9.77. The predicted molar refractivity (Wildman–Crippen MR) is 86.9 cm³/mol. The maximum Gasteiger partial charge on any atom is 0.333 e. The van der Waals surface area contributed by atoms with Gasteiger partial charge in [0.2, 0.25) is 5.91 Å². The highest BCUT2D eigenvalue weighted by atomic mass is 32.2. The van der Waals surface area contributed by atoms with Gasteiger partial charge < -0.3 is 14.8 Å². The van der Waals surface area contributed by atoms with E-state index in [1.807, 2.05) is 6.92 Å². The van der Waals surface area contributed by atoms with Gasteiger partial charge in [-0.2, -0.15) is 8.42 Å². The van der Waals surface area contributed by atoms with Crippen molar-refractivity contribution in [1.29, 1.82) is 0 Å². The number of amides is 1. The topological polar surface area (TPSA) is 108 Å². The molecule has 0 radical (unpaired) electrons. The van der Waals surface area contributed by atoms with Gasteiger partial charge in [-0.25, -0.2) is 4.79 Å². The Balaban J connectivity index is 1.45. The first-order valence-electron chi connectivity index (χ1n) is 8.30. The summed E-state index contributed by atoms with van der Waals surface area (Å²) in [6, 6.07) is 0. The van der Waals surface area contributed by atoms with Gasteiger partial charge in [-0.15, -0.1) is 0 Å². The lowest BCUT2D eigenvalue weighted by Gasteiger charge is -2.36. The number of esters is 1. The Kier molecular flexibility index (Phi) is 4.67. The van der Waals surface area contributed by atoms with Crippen LogP contribution in [0.15, 0.2) is 12.2 Å². The second-order valence-corrected chi connectivity index (χ2v) is 8.90. The molecule has 2 bridgehead atoms. The highest BCUT2D eigenvalue weighted by Crippen LogP contribution is 2.60. The zero-order chi connectivity index (χ0) is 18.4. The summed E-state index contributed by atoms with van der Waals surface area (Å²) in [4.78, 5) is 23.1. The van der Waals surface area contributed by atoms with Crippen molar-refractivity contribution in [2.24, 2.45) is 11.8 Å². The second kappa shape index (κ2) is 6.37. The largest absolute Gasteiger partial charge is 0.460 e. The van der Waals surface area contributed by atoms with E-state index >= 15 is 0 Å². The van der Waals surface area contributed by atoms with Gasteiger partial charge in [0.1, 0.15) is 19.3 Å². The van der Waals surface area contributed by atoms with Gasteiger partial charge in [0.15, 0.2) is 0 Å². The molecule has 25 heavy (non-hydrogen) atoms. The molecular weight excluding hydrogens is 350 g/mol. The van der Waals surface area contributed by atoms with E-state index in [9.17, 15) is 18.0 Å². The van der Waals surface area contributed by atoms with Gasteiger partial charge in [-0.1, -0.05) is 6.58 Å². The van der Waals surface area contributed by atoms with Gasteiger partial charge in [-0.05, 0) is 32.6 Å². The van der Waals surface area contributed by atoms with Crippen molar-refractivity contribution >= 4 is 22.0 Å². The van der Waals surface area contributed by atoms with Crippen molar-refractivity contribution in [3.63, 3.8) is 0 Å². The Hall–Kier alpha value is -1.45. The molecule has 0 aromatic rings. The van der Waals surface area contributed by atoms with Crippen LogP contribution in [-0.2, 0) is 33.4 Å². The molecule has 2 saturated carbocycles. The Morgan fingerprint density at radius 3 is 2.76 bits per heavy atom. The third kappa shape index (κ3) is 3.20. The normalized spacial score (nSPS) is 37.0. The Bertz CT molecular complexity index is 703. The highest BCUT2D eigenvalue weighted by Gasteiger charge is 2.69. The Morgan fingerprint density at radius 2 is 2.08 bits per heavy atom. The molecule has 2 aliphatic carbocycles. The molecular formula is C16H23NO7S. The van der Waals surface area contributed by atoms with Gasteiger partial charge in [-0.3, -0.25) is 8.98 Å². The van der Waals surface area contributed by atoms with Crippen molar-refractivity contribution in [1.82, 2.24) is 5.32 Å². The van der Waals surface area contributed by atoms with Gasteiger partial charge >= 0.3 is 5.97 Å². The van der Waals surface area contributed by atoms with Gasteiger partial charge in [0.05, 0.1) is 17.4 Å². The van der Waals surface area contributed by atoms with Crippen LogP contribution in [0.3, 0.4) is 0 Å². The minimum absolute atomic E-state index is 0.0374. The summed E-state index contributed by atoms with van der Waals surface area (Å²) in [5.74, 6) is -0.819. The number of nitrogens with one attached hydrogen (secondary N) is 1. The molecule has 8 nitrogen and oxygen atoms in total. The van der Waals surface area contributed by atoms with Crippen molar-refractivity contribution in [3.8, 4) is 0 Å². The van der Waals surface area contributed by atoms with Crippen LogP contribution < -0.4 is 5.32 Å². The van der Waals surface area contributed by atoms with E-state index in [1.165, 1.54) is 0 Å². The number of fused-ring (bicyclic) bond motifs is 1. The quantitative estimate of drug-likeness (QED) is 0.292. The molecule has 3 fully saturated rings. The summed E-state index contributed by atoms with van der Waals surface area (Å²) in [6.45, 7) is 6.84. The molecule has 9 heteroatoms. The average Bonchev–Trinajstić information content (AvgIpc) is 3.14. The fraction of sp³-hybridized carbons (Fsp3) is 0.750. The van der Waals surface area contributed by atoms with Crippen molar-refractivity contribution in [3.05, 3.63) is 12.2 Å². The molecule has 0 spiro atoms. The van der Waals surface area contributed by atoms with Crippen LogP contribution in [0.5, 0.6) is 0 Å². The standard InChI is InChI=1S/C16H23NO7S/c1-9(2)15(19)22-5-4-17-13(18)8-23-16(3)10-6-11-12(7-10)25(20,21)24-14(11)16/h10-12,14H,1,4-8H2,2-3H3,(H,17,18). The van der Waals surface area contributed by atoms with E-state index in [-0.39, 0.29) is 37.5 Å². The molecule has 1 N–H and O–H groups in total. The van der Waals surface area contributed by atoms with E-state index in [0.29, 0.717) is 12.0 Å². The van der Waals surface area contributed by atoms with Crippen LogP contribution in [0.1, 0.15) is 26.7 Å². The molecule has 1 aliphatic heterocycles. The lowest BCUT2D eigenvalue weighted by Crippen LogP contribution is -2.49. The maximum absolute atomic E-state index is 12.0. The molecule has 0 aromatic heterocycles. The molecule has 3 rings (SSSR count). The number of hydrogen-bond acceptors (Lipinski definition) is 7. The third-order valence-corrected chi connectivity index (χ3v) is 7.20. The summed E-state index contributed by atoms with van der Waals surface area (Å²) in [6.07, 6.45) is 0.771. The van der Waals surface area contributed by atoms with Crippen molar-refractivity contribution in [2.45, 2.75) is 43.6 Å². The van der Waals surface area contributed by atoms with E-state index in [4.69, 9.17) is 13.7 Å². The van der Waals surface area contributed by atoms with Crippen LogP contribution >= 0.6 is 0 Å². The number of rotatable bonds is 7. The molecule has 140 valence electrons. The summed E-state index contributed by atoms with van der Waals surface area (Å²) in [7, 11) is -3.51. The first kappa shape index (κ1) is 18.3. The first-order chi connectivity index (χ1) is 11.6. The molecule has 5 atom stereocenters. The number of ether oxygens (including phenoxy) is 2. The lowest BCUT2D eigenvalue weighted by molar-refractivity contribution is -0.147. The fourth-order valence-corrected chi connectivity index (χ4v) is 6.04. The van der Waals surface area contributed by atoms with Crippen LogP contribution in [0.2, 0.25) is 0 Å². The van der Waals surface area contributed by atoms with E-state index in [0.717, 1.165) is 6.42 Å². The van der Waals surface area contributed by atoms with E-state index in [1.54, 1.807) is 6.92 Å². The summed E-state index contributed by atoms with van der Waals surface area (Å²) >= 11 is 0. The van der Waals surface area contributed by atoms with Crippen LogP contribution in [-0.4, -0.2) is 57.0 Å². The minimum atomic E-state index is -3.51. The predicted octanol–water partition coefficient (Wildman–Crippen LogP) is 0.134. The van der Waals surface area contributed by atoms with Crippen LogP contribution in [0, 0.1) is 11.8 Å². The van der Waals surface area contributed by atoms with Crippen molar-refractivity contribution in [2.75, 3.05) is 19.8 Å². The summed E-state index contributed by atoms with van der Waals surface area (Å²) < 4.78 is 39.9. The molecule has 1 saturated heterocycles. The Labute approximate surface area is 147 Å². The molecule has 0 aromatic carbocycles. The van der Waals surface area contributed by atoms with E-state index < -0.39 is 33.0 Å². The molecule has 1 heterocycles. The average molecular weight is 373 g/mol. The molecule has 5 unspecified atom stereocenters. The van der Waals surface area contributed by atoms with Gasteiger partial charge in [0.25, 0.3) is 10.1 Å². The van der Waals surface area contributed by atoms with Crippen LogP contribution in [0.25, 0.3) is 0 Å².